The normalized spacial score (nSPS) is 13.4. The van der Waals surface area contributed by atoms with Crippen molar-refractivity contribution in [2.24, 2.45) is 0 Å². The second-order valence-electron chi connectivity index (χ2n) is 4.35. The van der Waals surface area contributed by atoms with E-state index in [2.05, 4.69) is 0 Å². The monoisotopic (exact) mass is 240 g/mol. The third-order valence-corrected chi connectivity index (χ3v) is 2.82. The first kappa shape index (κ1) is 13.3. The predicted octanol–water partition coefficient (Wildman–Crippen LogP) is 1.47. The highest BCUT2D eigenvalue weighted by molar-refractivity contribution is 5.75. The molecule has 1 aromatic carbocycles. The van der Waals surface area contributed by atoms with Gasteiger partial charge in [0.05, 0.1) is 0 Å². The van der Waals surface area contributed by atoms with Gasteiger partial charge in [-0.15, -0.1) is 0 Å². The molecule has 0 spiro atoms. The number of carboxylic acids is 1. The Balaban J connectivity index is 3.29. The lowest BCUT2D eigenvalue weighted by molar-refractivity contribution is -0.152. The minimum Gasteiger partial charge on any atom is -0.504 e. The lowest BCUT2D eigenvalue weighted by Gasteiger charge is -2.31. The van der Waals surface area contributed by atoms with E-state index in [0.29, 0.717) is 5.56 Å². The first-order valence-corrected chi connectivity index (χ1v) is 5.09. The molecule has 94 valence electrons. The van der Waals surface area contributed by atoms with Gasteiger partial charge in [0, 0.05) is 18.1 Å². The van der Waals surface area contributed by atoms with Gasteiger partial charge in [0.15, 0.2) is 17.6 Å². The van der Waals surface area contributed by atoms with Crippen LogP contribution in [-0.4, -0.2) is 34.5 Å². The molecule has 1 atom stereocenters. The zero-order chi connectivity index (χ0) is 13.2. The Kier molecular flexibility index (Phi) is 3.63. The van der Waals surface area contributed by atoms with Gasteiger partial charge >= 0.3 is 5.97 Å². The minimum absolute atomic E-state index is 0.282. The van der Waals surface area contributed by atoms with Crippen LogP contribution in [0.5, 0.6) is 11.5 Å². The van der Waals surface area contributed by atoms with Crippen LogP contribution in [0.4, 0.5) is 0 Å². The van der Waals surface area contributed by atoms with Crippen LogP contribution in [0.1, 0.15) is 19.4 Å². The Morgan fingerprint density at radius 1 is 1.35 bits per heavy atom. The quantitative estimate of drug-likeness (QED) is 0.694. The second-order valence-corrected chi connectivity index (χ2v) is 4.35. The van der Waals surface area contributed by atoms with Crippen LogP contribution in [0, 0.1) is 0 Å². The molecule has 0 bridgehead atoms. The summed E-state index contributed by atoms with van der Waals surface area (Å²) in [6, 6.07) is 4.43. The molecule has 1 aromatic rings. The summed E-state index contributed by atoms with van der Waals surface area (Å²) in [6.45, 7) is 3.26. The molecule has 1 unspecified atom stereocenters. The van der Waals surface area contributed by atoms with Crippen molar-refractivity contribution in [2.75, 3.05) is 7.11 Å². The number of hydrogen-bond donors (Lipinski definition) is 3. The third-order valence-electron chi connectivity index (χ3n) is 2.82. The van der Waals surface area contributed by atoms with Crippen LogP contribution in [0.2, 0.25) is 0 Å². The molecule has 3 N–H and O–H groups in total. The first-order chi connectivity index (χ1) is 7.82. The van der Waals surface area contributed by atoms with Crippen LogP contribution in [0.3, 0.4) is 0 Å². The summed E-state index contributed by atoms with van der Waals surface area (Å²) < 4.78 is 4.93. The van der Waals surface area contributed by atoms with Crippen molar-refractivity contribution in [2.45, 2.75) is 25.4 Å². The van der Waals surface area contributed by atoms with Gasteiger partial charge in [0.1, 0.15) is 0 Å². The van der Waals surface area contributed by atoms with Gasteiger partial charge in [0.2, 0.25) is 0 Å². The average Bonchev–Trinajstić information content (AvgIpc) is 2.21. The van der Waals surface area contributed by atoms with Crippen LogP contribution in [-0.2, 0) is 14.9 Å². The molecular weight excluding hydrogens is 224 g/mol. The number of ether oxygens (including phenoxy) is 1. The number of phenolic OH excluding ortho intramolecular Hbond substituents is 2. The van der Waals surface area contributed by atoms with Gasteiger partial charge in [-0.3, -0.25) is 0 Å². The molecule has 0 aliphatic heterocycles. The maximum atomic E-state index is 11.1. The second kappa shape index (κ2) is 4.63. The van der Waals surface area contributed by atoms with E-state index >= 15 is 0 Å². The van der Waals surface area contributed by atoms with Crippen LogP contribution >= 0.6 is 0 Å². The number of benzene rings is 1. The molecule has 5 nitrogen and oxygen atoms in total. The van der Waals surface area contributed by atoms with E-state index in [0.717, 1.165) is 0 Å². The van der Waals surface area contributed by atoms with E-state index in [9.17, 15) is 15.0 Å². The van der Waals surface area contributed by atoms with Gasteiger partial charge in [-0.2, -0.15) is 0 Å². The van der Waals surface area contributed by atoms with Crippen molar-refractivity contribution < 1.29 is 24.9 Å². The summed E-state index contributed by atoms with van der Waals surface area (Å²) in [5.41, 5.74) is -0.643. The van der Waals surface area contributed by atoms with E-state index in [4.69, 9.17) is 9.84 Å². The molecule has 0 aliphatic rings. The SMILES string of the molecule is COC(C(=O)O)C(C)(C)c1cccc(O)c1O. The van der Waals surface area contributed by atoms with Crippen molar-refractivity contribution in [1.82, 2.24) is 0 Å². The highest BCUT2D eigenvalue weighted by Gasteiger charge is 2.39. The molecule has 0 radical (unpaired) electrons. The molecule has 0 heterocycles. The number of rotatable bonds is 4. The molecule has 0 saturated heterocycles. The number of aliphatic carboxylic acids is 1. The van der Waals surface area contributed by atoms with Gasteiger partial charge < -0.3 is 20.1 Å². The minimum atomic E-state index is -1.12. The zero-order valence-electron chi connectivity index (χ0n) is 9.97. The van der Waals surface area contributed by atoms with Gasteiger partial charge in [-0.05, 0) is 6.07 Å². The Labute approximate surface area is 99.3 Å². The molecule has 0 aromatic heterocycles. The number of methoxy groups -OCH3 is 1. The van der Waals surface area contributed by atoms with Crippen LogP contribution in [0.25, 0.3) is 0 Å². The lowest BCUT2D eigenvalue weighted by Crippen LogP contribution is -2.41. The number of hydrogen-bond acceptors (Lipinski definition) is 4. The maximum Gasteiger partial charge on any atom is 0.333 e. The smallest absolute Gasteiger partial charge is 0.333 e. The topological polar surface area (TPSA) is 87.0 Å². The van der Waals surface area contributed by atoms with E-state index in [1.807, 2.05) is 0 Å². The molecule has 1 rings (SSSR count). The van der Waals surface area contributed by atoms with E-state index in [1.165, 1.54) is 13.2 Å². The standard InChI is InChI=1S/C12H16O5/c1-12(2,10(17-3)11(15)16)7-5-4-6-8(13)9(7)14/h4-6,10,13-14H,1-3H3,(H,15,16). The number of para-hydroxylation sites is 1. The molecule has 5 heteroatoms. The number of aromatic hydroxyl groups is 2. The largest absolute Gasteiger partial charge is 0.504 e. The van der Waals surface area contributed by atoms with E-state index in [1.54, 1.807) is 26.0 Å². The molecule has 0 fully saturated rings. The summed E-state index contributed by atoms with van der Waals surface area (Å²) in [6.07, 6.45) is -1.12. The molecule has 0 saturated carbocycles. The number of carbonyl (C=O) groups is 1. The summed E-state index contributed by atoms with van der Waals surface area (Å²) in [7, 11) is 1.29. The Morgan fingerprint density at radius 2 is 1.94 bits per heavy atom. The van der Waals surface area contributed by atoms with Gasteiger partial charge in [-0.1, -0.05) is 26.0 Å². The van der Waals surface area contributed by atoms with Crippen LogP contribution < -0.4 is 0 Å². The van der Waals surface area contributed by atoms with Crippen molar-refractivity contribution in [3.8, 4) is 11.5 Å². The molecule has 0 aliphatic carbocycles. The fraction of sp³-hybridized carbons (Fsp3) is 0.417. The molecular formula is C12H16O5. The summed E-state index contributed by atoms with van der Waals surface area (Å²) in [5.74, 6) is -1.73. The zero-order valence-corrected chi connectivity index (χ0v) is 9.97. The molecule has 17 heavy (non-hydrogen) atoms. The third kappa shape index (κ3) is 2.34. The lowest BCUT2D eigenvalue weighted by atomic mass is 9.78. The van der Waals surface area contributed by atoms with Crippen molar-refractivity contribution in [1.29, 1.82) is 0 Å². The van der Waals surface area contributed by atoms with Gasteiger partial charge in [0.25, 0.3) is 0 Å². The maximum absolute atomic E-state index is 11.1. The average molecular weight is 240 g/mol. The fourth-order valence-electron chi connectivity index (χ4n) is 1.90. The summed E-state index contributed by atoms with van der Waals surface area (Å²) >= 11 is 0. The Bertz CT molecular complexity index is 425. The van der Waals surface area contributed by atoms with Crippen LogP contribution in [0.15, 0.2) is 18.2 Å². The first-order valence-electron chi connectivity index (χ1n) is 5.09. The summed E-state index contributed by atoms with van der Waals surface area (Å²) in [4.78, 5) is 11.1. The van der Waals surface area contributed by atoms with Crippen molar-refractivity contribution in [3.63, 3.8) is 0 Å². The predicted molar refractivity (Wildman–Crippen MR) is 61.2 cm³/mol. The van der Waals surface area contributed by atoms with E-state index in [-0.39, 0.29) is 11.5 Å². The summed E-state index contributed by atoms with van der Waals surface area (Å²) in [5, 5.41) is 28.2. The fourth-order valence-corrected chi connectivity index (χ4v) is 1.90. The van der Waals surface area contributed by atoms with Gasteiger partial charge in [-0.25, -0.2) is 4.79 Å². The van der Waals surface area contributed by atoms with Crippen molar-refractivity contribution >= 4 is 5.97 Å². The van der Waals surface area contributed by atoms with Crippen molar-refractivity contribution in [3.05, 3.63) is 23.8 Å². The highest BCUT2D eigenvalue weighted by Crippen LogP contribution is 2.39. The highest BCUT2D eigenvalue weighted by atomic mass is 16.5. The van der Waals surface area contributed by atoms with E-state index < -0.39 is 17.5 Å². The molecule has 0 amide bonds. The number of phenols is 2. The Morgan fingerprint density at radius 3 is 2.41 bits per heavy atom. The number of carboxylic acid groups (broad SMARTS) is 1. The Hall–Kier alpha value is -1.75.